The maximum absolute atomic E-state index is 12.1. The Kier molecular flexibility index (Phi) is 4.27. The Balaban J connectivity index is 1.46. The number of nitrogens with zero attached hydrogens (tertiary/aromatic N) is 1. The van der Waals surface area contributed by atoms with Crippen LogP contribution < -0.4 is 5.32 Å². The summed E-state index contributed by atoms with van der Waals surface area (Å²) in [4.78, 5) is 16.5. The van der Waals surface area contributed by atoms with Crippen LogP contribution in [-0.2, 0) is 11.2 Å². The first-order valence-electron chi connectivity index (χ1n) is 7.07. The highest BCUT2D eigenvalue weighted by molar-refractivity contribution is 7.09. The fourth-order valence-corrected chi connectivity index (χ4v) is 3.41. The lowest BCUT2D eigenvalue weighted by molar-refractivity contribution is -0.122. The topological polar surface area (TPSA) is 42.0 Å². The minimum Gasteiger partial charge on any atom is -0.355 e. The van der Waals surface area contributed by atoms with Gasteiger partial charge in [0.15, 0.2) is 0 Å². The number of hydrogen-bond acceptors (Lipinski definition) is 3. The van der Waals surface area contributed by atoms with Crippen LogP contribution in [0.5, 0.6) is 0 Å². The van der Waals surface area contributed by atoms with Gasteiger partial charge < -0.3 is 5.32 Å². The molecule has 1 saturated carbocycles. The molecule has 5 heteroatoms. The lowest BCUT2D eigenvalue weighted by Crippen LogP contribution is -2.27. The average molecular weight is 321 g/mol. The predicted octanol–water partition coefficient (Wildman–Crippen LogP) is 3.57. The van der Waals surface area contributed by atoms with Gasteiger partial charge in [-0.05, 0) is 37.0 Å². The van der Waals surface area contributed by atoms with Crippen LogP contribution in [0, 0.1) is 12.8 Å². The zero-order valence-corrected chi connectivity index (χ0v) is 13.4. The third-order valence-electron chi connectivity index (χ3n) is 3.73. The summed E-state index contributed by atoms with van der Waals surface area (Å²) in [7, 11) is 0. The number of rotatable bonds is 5. The third kappa shape index (κ3) is 3.63. The van der Waals surface area contributed by atoms with Crippen molar-refractivity contribution >= 4 is 28.8 Å². The van der Waals surface area contributed by atoms with Crippen molar-refractivity contribution in [3.05, 3.63) is 50.9 Å². The first-order chi connectivity index (χ1) is 10.1. The molecule has 1 amide bonds. The van der Waals surface area contributed by atoms with Crippen molar-refractivity contribution in [2.75, 3.05) is 6.54 Å². The molecule has 3 nitrogen and oxygen atoms in total. The van der Waals surface area contributed by atoms with Gasteiger partial charge in [0.1, 0.15) is 0 Å². The van der Waals surface area contributed by atoms with Crippen LogP contribution in [0.2, 0.25) is 5.02 Å². The first kappa shape index (κ1) is 14.5. The average Bonchev–Trinajstić information content (AvgIpc) is 3.16. The zero-order chi connectivity index (χ0) is 14.8. The van der Waals surface area contributed by atoms with Gasteiger partial charge in [-0.3, -0.25) is 4.79 Å². The number of thiazole rings is 1. The summed E-state index contributed by atoms with van der Waals surface area (Å²) in [6.45, 7) is 2.65. The fourth-order valence-electron chi connectivity index (χ4n) is 2.50. The number of aromatic nitrogens is 1. The van der Waals surface area contributed by atoms with Crippen molar-refractivity contribution in [2.45, 2.75) is 25.7 Å². The molecule has 0 spiro atoms. The summed E-state index contributed by atoms with van der Waals surface area (Å²) in [5.74, 6) is 0.622. The van der Waals surface area contributed by atoms with Crippen LogP contribution in [0.4, 0.5) is 0 Å². The van der Waals surface area contributed by atoms with Crippen LogP contribution in [-0.4, -0.2) is 17.4 Å². The summed E-state index contributed by atoms with van der Waals surface area (Å²) < 4.78 is 0. The molecule has 0 bridgehead atoms. The van der Waals surface area contributed by atoms with Crippen LogP contribution in [0.3, 0.4) is 0 Å². The molecule has 2 aromatic rings. The molecule has 0 saturated heterocycles. The van der Waals surface area contributed by atoms with E-state index in [1.807, 2.05) is 36.6 Å². The van der Waals surface area contributed by atoms with Crippen LogP contribution in [0.1, 0.15) is 28.6 Å². The van der Waals surface area contributed by atoms with Gasteiger partial charge in [0.25, 0.3) is 0 Å². The Morgan fingerprint density at radius 2 is 2.19 bits per heavy atom. The van der Waals surface area contributed by atoms with Crippen molar-refractivity contribution in [3.63, 3.8) is 0 Å². The highest BCUT2D eigenvalue weighted by Crippen LogP contribution is 2.47. The molecule has 1 N–H and O–H groups in total. The minimum absolute atomic E-state index is 0.115. The molecule has 1 aromatic carbocycles. The van der Waals surface area contributed by atoms with E-state index in [1.54, 1.807) is 11.3 Å². The second-order valence-electron chi connectivity index (χ2n) is 5.42. The number of amides is 1. The second-order valence-corrected chi connectivity index (χ2v) is 6.80. The van der Waals surface area contributed by atoms with E-state index in [1.165, 1.54) is 5.56 Å². The van der Waals surface area contributed by atoms with Gasteiger partial charge in [-0.15, -0.1) is 11.3 Å². The zero-order valence-electron chi connectivity index (χ0n) is 11.8. The van der Waals surface area contributed by atoms with E-state index in [0.29, 0.717) is 12.5 Å². The molecule has 21 heavy (non-hydrogen) atoms. The Morgan fingerprint density at radius 1 is 1.43 bits per heavy atom. The molecule has 1 aliphatic carbocycles. The molecule has 0 aliphatic heterocycles. The van der Waals surface area contributed by atoms with Crippen molar-refractivity contribution < 1.29 is 4.79 Å². The van der Waals surface area contributed by atoms with E-state index in [9.17, 15) is 4.79 Å². The van der Waals surface area contributed by atoms with E-state index < -0.39 is 0 Å². The molecule has 110 valence electrons. The molecule has 1 aliphatic rings. The molecule has 0 radical (unpaired) electrons. The van der Waals surface area contributed by atoms with E-state index in [4.69, 9.17) is 11.6 Å². The fraction of sp³-hybridized carbons (Fsp3) is 0.375. The van der Waals surface area contributed by atoms with E-state index in [2.05, 4.69) is 10.3 Å². The largest absolute Gasteiger partial charge is 0.355 e. The molecule has 1 fully saturated rings. The Labute approximate surface area is 133 Å². The summed E-state index contributed by atoms with van der Waals surface area (Å²) in [6.07, 6.45) is 1.74. The monoisotopic (exact) mass is 320 g/mol. The molecule has 1 aromatic heterocycles. The second kappa shape index (κ2) is 6.16. The van der Waals surface area contributed by atoms with Crippen LogP contribution in [0.25, 0.3) is 0 Å². The van der Waals surface area contributed by atoms with Crippen molar-refractivity contribution in [1.82, 2.24) is 10.3 Å². The van der Waals surface area contributed by atoms with Gasteiger partial charge in [0, 0.05) is 35.0 Å². The summed E-state index contributed by atoms with van der Waals surface area (Å²) in [6, 6.07) is 7.79. The Bertz CT molecular complexity index is 638. The summed E-state index contributed by atoms with van der Waals surface area (Å²) >= 11 is 7.53. The maximum Gasteiger partial charge on any atom is 0.223 e. The van der Waals surface area contributed by atoms with Gasteiger partial charge in [-0.25, -0.2) is 4.98 Å². The van der Waals surface area contributed by atoms with E-state index in [-0.39, 0.29) is 11.8 Å². The van der Waals surface area contributed by atoms with E-state index in [0.717, 1.165) is 28.6 Å². The number of carbonyl (C=O) groups is 1. The molecular weight excluding hydrogens is 304 g/mol. The van der Waals surface area contributed by atoms with E-state index >= 15 is 0 Å². The van der Waals surface area contributed by atoms with Gasteiger partial charge in [-0.1, -0.05) is 23.7 Å². The molecule has 2 atom stereocenters. The molecule has 1 heterocycles. The molecular formula is C16H17ClN2OS. The first-order valence-corrected chi connectivity index (χ1v) is 8.33. The minimum atomic E-state index is 0.115. The molecule has 3 rings (SSSR count). The Hall–Kier alpha value is -1.39. The van der Waals surface area contributed by atoms with Gasteiger partial charge >= 0.3 is 0 Å². The van der Waals surface area contributed by atoms with Crippen LogP contribution in [0.15, 0.2) is 29.6 Å². The smallest absolute Gasteiger partial charge is 0.223 e. The molecule has 2 unspecified atom stereocenters. The summed E-state index contributed by atoms with van der Waals surface area (Å²) in [5.41, 5.74) is 2.25. The van der Waals surface area contributed by atoms with Crippen molar-refractivity contribution in [1.29, 1.82) is 0 Å². The lowest BCUT2D eigenvalue weighted by atomic mass is 10.1. The number of aryl methyl sites for hydroxylation is 1. The van der Waals surface area contributed by atoms with Crippen molar-refractivity contribution in [3.8, 4) is 0 Å². The number of hydrogen-bond donors (Lipinski definition) is 1. The lowest BCUT2D eigenvalue weighted by Gasteiger charge is -2.04. The van der Waals surface area contributed by atoms with Crippen LogP contribution >= 0.6 is 22.9 Å². The number of nitrogens with one attached hydrogen (secondary N) is 1. The number of carbonyl (C=O) groups excluding carboxylic acids is 1. The highest BCUT2D eigenvalue weighted by atomic mass is 35.5. The highest BCUT2D eigenvalue weighted by Gasteiger charge is 2.43. The Morgan fingerprint density at radius 3 is 2.86 bits per heavy atom. The number of benzene rings is 1. The standard InChI is InChI=1S/C16H17ClN2OS/c1-10-9-21-15(19-10)6-7-18-16(20)14-8-13(14)11-2-4-12(17)5-3-11/h2-5,9,13-14H,6-8H2,1H3,(H,18,20). The predicted molar refractivity (Wildman–Crippen MR) is 85.9 cm³/mol. The SMILES string of the molecule is Cc1csc(CCNC(=O)C2CC2c2ccc(Cl)cc2)n1. The quantitative estimate of drug-likeness (QED) is 0.915. The summed E-state index contributed by atoms with van der Waals surface area (Å²) in [5, 5.41) is 6.87. The van der Waals surface area contributed by atoms with Crippen molar-refractivity contribution in [2.24, 2.45) is 5.92 Å². The number of halogens is 1. The van der Waals surface area contributed by atoms with Gasteiger partial charge in [0.05, 0.1) is 5.01 Å². The third-order valence-corrected chi connectivity index (χ3v) is 5.01. The van der Waals surface area contributed by atoms with Gasteiger partial charge in [-0.2, -0.15) is 0 Å². The maximum atomic E-state index is 12.1. The normalized spacial score (nSPS) is 20.3. The van der Waals surface area contributed by atoms with Gasteiger partial charge in [0.2, 0.25) is 5.91 Å².